The Labute approximate surface area is 104 Å². The van der Waals surface area contributed by atoms with Crippen molar-refractivity contribution in [2.45, 2.75) is 32.2 Å². The molecule has 5 nitrogen and oxygen atoms in total. The van der Waals surface area contributed by atoms with Gasteiger partial charge in [-0.1, -0.05) is 0 Å². The maximum atomic E-state index is 6.10. The summed E-state index contributed by atoms with van der Waals surface area (Å²) in [6, 6.07) is -0.143. The van der Waals surface area contributed by atoms with Crippen LogP contribution in [-0.2, 0) is 9.47 Å². The van der Waals surface area contributed by atoms with Crippen molar-refractivity contribution in [3.05, 3.63) is 16.4 Å². The molecule has 1 unspecified atom stereocenters. The van der Waals surface area contributed by atoms with Crippen molar-refractivity contribution in [1.29, 1.82) is 0 Å². The van der Waals surface area contributed by atoms with Crippen LogP contribution in [0.15, 0.2) is 10.7 Å². The molecule has 0 fully saturated rings. The Balaban J connectivity index is 3.05. The van der Waals surface area contributed by atoms with E-state index in [0.29, 0.717) is 0 Å². The number of nitrogens with two attached hydrogens (primary N) is 1. The van der Waals surface area contributed by atoms with Crippen LogP contribution in [0.25, 0.3) is 0 Å². The number of aromatic nitrogens is 2. The van der Waals surface area contributed by atoms with Crippen molar-refractivity contribution in [2.24, 2.45) is 5.73 Å². The van der Waals surface area contributed by atoms with E-state index in [1.807, 2.05) is 18.5 Å². The maximum Gasteiger partial charge on any atom is 0.177 e. The minimum atomic E-state index is -0.481. The van der Waals surface area contributed by atoms with Gasteiger partial charge < -0.3 is 15.2 Å². The van der Waals surface area contributed by atoms with Crippen molar-refractivity contribution < 1.29 is 9.47 Å². The number of hydrogen-bond donors (Lipinski definition) is 1. The molecule has 16 heavy (non-hydrogen) atoms. The second-order valence-electron chi connectivity index (χ2n) is 3.78. The van der Waals surface area contributed by atoms with Gasteiger partial charge in [0.05, 0.1) is 22.4 Å². The van der Waals surface area contributed by atoms with Crippen LogP contribution in [-0.4, -0.2) is 30.3 Å². The summed E-state index contributed by atoms with van der Waals surface area (Å²) in [4.78, 5) is 0. The molecule has 6 heteroatoms. The number of rotatable bonds is 5. The second-order valence-corrected chi connectivity index (χ2v) is 4.64. The third-order valence-electron chi connectivity index (χ3n) is 2.35. The van der Waals surface area contributed by atoms with Crippen LogP contribution >= 0.6 is 15.9 Å². The molecule has 0 aliphatic heterocycles. The van der Waals surface area contributed by atoms with Gasteiger partial charge in [-0.25, -0.2) is 0 Å². The van der Waals surface area contributed by atoms with Crippen LogP contribution in [0.2, 0.25) is 0 Å². The van der Waals surface area contributed by atoms with Crippen LogP contribution in [0.3, 0.4) is 0 Å². The fraction of sp³-hybridized carbons (Fsp3) is 0.700. The van der Waals surface area contributed by atoms with Gasteiger partial charge in [-0.2, -0.15) is 5.10 Å². The minimum absolute atomic E-state index is 0.238. The third-order valence-corrected chi connectivity index (χ3v) is 2.96. The normalized spacial score (nSPS) is 13.8. The first-order valence-electron chi connectivity index (χ1n) is 5.07. The van der Waals surface area contributed by atoms with Gasteiger partial charge >= 0.3 is 0 Å². The number of ether oxygens (including phenoxy) is 2. The van der Waals surface area contributed by atoms with E-state index in [1.165, 1.54) is 0 Å². The summed E-state index contributed by atoms with van der Waals surface area (Å²) >= 11 is 3.44. The number of nitrogens with zero attached hydrogens (tertiary/aromatic N) is 2. The Morgan fingerprint density at radius 2 is 1.94 bits per heavy atom. The molecule has 2 N–H and O–H groups in total. The van der Waals surface area contributed by atoms with Gasteiger partial charge in [0.15, 0.2) is 6.29 Å². The van der Waals surface area contributed by atoms with Gasteiger partial charge in [-0.15, -0.1) is 0 Å². The molecule has 1 aromatic heterocycles. The van der Waals surface area contributed by atoms with Crippen LogP contribution in [0.5, 0.6) is 0 Å². The first kappa shape index (κ1) is 13.6. The largest absolute Gasteiger partial charge is 0.354 e. The topological polar surface area (TPSA) is 62.3 Å². The predicted octanol–water partition coefficient (Wildman–Crippen LogP) is 1.85. The van der Waals surface area contributed by atoms with Crippen molar-refractivity contribution in [1.82, 2.24) is 9.78 Å². The molecule has 0 radical (unpaired) electrons. The summed E-state index contributed by atoms with van der Waals surface area (Å²) < 4.78 is 13.1. The van der Waals surface area contributed by atoms with Crippen molar-refractivity contribution in [3.63, 3.8) is 0 Å². The van der Waals surface area contributed by atoms with Crippen molar-refractivity contribution in [3.8, 4) is 0 Å². The molecule has 1 rings (SSSR count). The predicted molar refractivity (Wildman–Crippen MR) is 65.0 cm³/mol. The summed E-state index contributed by atoms with van der Waals surface area (Å²) in [5.41, 5.74) is 6.98. The highest BCUT2D eigenvalue weighted by atomic mass is 79.9. The molecule has 0 aliphatic rings. The molecular weight excluding hydrogens is 274 g/mol. The molecule has 1 atom stereocenters. The molecule has 0 aromatic carbocycles. The summed E-state index contributed by atoms with van der Waals surface area (Å²) in [5.74, 6) is 0. The van der Waals surface area contributed by atoms with E-state index >= 15 is 0 Å². The zero-order valence-electron chi connectivity index (χ0n) is 9.98. The molecule has 92 valence electrons. The van der Waals surface area contributed by atoms with Crippen LogP contribution < -0.4 is 5.73 Å². The monoisotopic (exact) mass is 291 g/mol. The quantitative estimate of drug-likeness (QED) is 0.841. The summed E-state index contributed by atoms with van der Waals surface area (Å²) in [5, 5.41) is 4.27. The lowest BCUT2D eigenvalue weighted by molar-refractivity contribution is -0.118. The van der Waals surface area contributed by atoms with E-state index < -0.39 is 6.29 Å². The second kappa shape index (κ2) is 5.77. The van der Waals surface area contributed by atoms with E-state index in [9.17, 15) is 0 Å². The van der Waals surface area contributed by atoms with Crippen molar-refractivity contribution >= 4 is 15.9 Å². The third kappa shape index (κ3) is 2.63. The van der Waals surface area contributed by atoms with E-state index in [0.717, 1.165) is 10.2 Å². The number of methoxy groups -OCH3 is 2. The van der Waals surface area contributed by atoms with Gasteiger partial charge in [0.2, 0.25) is 0 Å². The SMILES string of the molecule is COC(OC)C(N)c1c(Br)cnn1C(C)C. The minimum Gasteiger partial charge on any atom is -0.354 e. The Bertz CT molecular complexity index is 337. The molecule has 0 bridgehead atoms. The van der Waals surface area contributed by atoms with E-state index in [4.69, 9.17) is 15.2 Å². The lowest BCUT2D eigenvalue weighted by Gasteiger charge is -2.23. The zero-order chi connectivity index (χ0) is 12.3. The van der Waals surface area contributed by atoms with E-state index in [2.05, 4.69) is 21.0 Å². The van der Waals surface area contributed by atoms with Crippen molar-refractivity contribution in [2.75, 3.05) is 14.2 Å². The van der Waals surface area contributed by atoms with Crippen LogP contribution in [0, 0.1) is 0 Å². The Morgan fingerprint density at radius 1 is 1.38 bits per heavy atom. The average molecular weight is 292 g/mol. The fourth-order valence-electron chi connectivity index (χ4n) is 1.59. The Kier molecular flexibility index (Phi) is 4.91. The molecule has 1 aromatic rings. The highest BCUT2D eigenvalue weighted by Gasteiger charge is 2.25. The fourth-order valence-corrected chi connectivity index (χ4v) is 2.13. The van der Waals surface area contributed by atoms with E-state index in [1.54, 1.807) is 20.4 Å². The van der Waals surface area contributed by atoms with Gasteiger partial charge in [0.1, 0.15) is 0 Å². The summed E-state index contributed by atoms with van der Waals surface area (Å²) in [6.07, 6.45) is 1.25. The maximum absolute atomic E-state index is 6.10. The average Bonchev–Trinajstić information content (AvgIpc) is 2.61. The molecule has 0 saturated heterocycles. The van der Waals surface area contributed by atoms with Gasteiger partial charge in [0, 0.05) is 20.3 Å². The number of halogens is 1. The van der Waals surface area contributed by atoms with E-state index in [-0.39, 0.29) is 12.1 Å². The first-order valence-corrected chi connectivity index (χ1v) is 5.86. The highest BCUT2D eigenvalue weighted by Crippen LogP contribution is 2.27. The summed E-state index contributed by atoms with van der Waals surface area (Å²) in [6.45, 7) is 4.09. The standard InChI is InChI=1S/C10H18BrN3O2/c1-6(2)14-9(7(11)5-13-14)8(12)10(15-3)16-4/h5-6,8,10H,12H2,1-4H3. The van der Waals surface area contributed by atoms with Gasteiger partial charge in [0.25, 0.3) is 0 Å². The molecule has 0 aliphatic carbocycles. The summed E-state index contributed by atoms with van der Waals surface area (Å²) in [7, 11) is 3.13. The molecule has 0 spiro atoms. The Hall–Kier alpha value is -0.430. The smallest absolute Gasteiger partial charge is 0.177 e. The molecule has 0 saturated carbocycles. The van der Waals surface area contributed by atoms with Crippen LogP contribution in [0.4, 0.5) is 0 Å². The van der Waals surface area contributed by atoms with Gasteiger partial charge in [-0.3, -0.25) is 4.68 Å². The molecule has 0 amide bonds. The lowest BCUT2D eigenvalue weighted by Crippen LogP contribution is -2.32. The highest BCUT2D eigenvalue weighted by molar-refractivity contribution is 9.10. The van der Waals surface area contributed by atoms with Crippen LogP contribution in [0.1, 0.15) is 31.6 Å². The molecular formula is C10H18BrN3O2. The number of hydrogen-bond acceptors (Lipinski definition) is 4. The molecule has 1 heterocycles. The zero-order valence-corrected chi connectivity index (χ0v) is 11.6. The Morgan fingerprint density at radius 3 is 2.38 bits per heavy atom. The first-order chi connectivity index (χ1) is 7.52. The lowest BCUT2D eigenvalue weighted by atomic mass is 10.2. The van der Waals surface area contributed by atoms with Gasteiger partial charge in [-0.05, 0) is 29.8 Å².